The minimum absolute atomic E-state index is 0.0494. The fraction of sp³-hybridized carbons (Fsp3) is 0.200. The summed E-state index contributed by atoms with van der Waals surface area (Å²) < 4.78 is 20.0. The largest absolute Gasteiger partial charge is 0.488 e. The van der Waals surface area contributed by atoms with Crippen molar-refractivity contribution in [2.45, 2.75) is 19.6 Å². The molecule has 0 spiro atoms. The van der Waals surface area contributed by atoms with Gasteiger partial charge in [-0.3, -0.25) is 0 Å². The molecule has 0 heterocycles. The average molecular weight is 360 g/mol. The first kappa shape index (κ1) is 15.3. The van der Waals surface area contributed by atoms with Crippen molar-refractivity contribution < 1.29 is 14.2 Å². The van der Waals surface area contributed by atoms with Crippen LogP contribution in [0.2, 0.25) is 5.02 Å². The van der Waals surface area contributed by atoms with Gasteiger partial charge >= 0.3 is 0 Å². The maximum absolute atomic E-state index is 13.6. The SMILES string of the molecule is C[C@H](O)c1cc(Br)ccc1OCc1cc(Cl)ccc1F. The molecule has 2 aromatic rings. The molecule has 0 bridgehead atoms. The van der Waals surface area contributed by atoms with Crippen molar-refractivity contribution in [3.8, 4) is 5.75 Å². The molecule has 1 atom stereocenters. The molecule has 2 nitrogen and oxygen atoms in total. The zero-order valence-electron chi connectivity index (χ0n) is 10.7. The second kappa shape index (κ2) is 6.57. The molecule has 0 amide bonds. The molecule has 20 heavy (non-hydrogen) atoms. The Morgan fingerprint density at radius 1 is 1.30 bits per heavy atom. The van der Waals surface area contributed by atoms with Gasteiger partial charge in [0.15, 0.2) is 0 Å². The number of halogens is 3. The first-order chi connectivity index (χ1) is 9.47. The molecular weight excluding hydrogens is 347 g/mol. The fourth-order valence-corrected chi connectivity index (χ4v) is 2.36. The highest BCUT2D eigenvalue weighted by atomic mass is 79.9. The summed E-state index contributed by atoms with van der Waals surface area (Å²) in [6, 6.07) is 9.62. The van der Waals surface area contributed by atoms with E-state index in [0.717, 1.165) is 4.47 Å². The van der Waals surface area contributed by atoms with Gasteiger partial charge in [-0.1, -0.05) is 27.5 Å². The van der Waals surface area contributed by atoms with Gasteiger partial charge in [-0.15, -0.1) is 0 Å². The van der Waals surface area contributed by atoms with Gasteiger partial charge in [0.2, 0.25) is 0 Å². The number of aliphatic hydroxyl groups is 1. The second-order valence-corrected chi connectivity index (χ2v) is 5.73. The molecular formula is C15H13BrClFO2. The van der Waals surface area contributed by atoms with E-state index >= 15 is 0 Å². The minimum Gasteiger partial charge on any atom is -0.488 e. The lowest BCUT2D eigenvalue weighted by Gasteiger charge is -2.14. The molecule has 0 saturated carbocycles. The van der Waals surface area contributed by atoms with Crippen molar-refractivity contribution in [3.05, 3.63) is 62.8 Å². The van der Waals surface area contributed by atoms with Crippen molar-refractivity contribution in [1.29, 1.82) is 0 Å². The highest BCUT2D eigenvalue weighted by Crippen LogP contribution is 2.29. The second-order valence-electron chi connectivity index (χ2n) is 4.38. The van der Waals surface area contributed by atoms with Crippen LogP contribution in [0, 0.1) is 5.82 Å². The monoisotopic (exact) mass is 358 g/mol. The summed E-state index contributed by atoms with van der Waals surface area (Å²) in [6.07, 6.45) is -0.674. The normalized spacial score (nSPS) is 12.2. The fourth-order valence-electron chi connectivity index (χ4n) is 1.79. The lowest BCUT2D eigenvalue weighted by atomic mass is 10.1. The van der Waals surface area contributed by atoms with Crippen LogP contribution in [0.5, 0.6) is 5.75 Å². The van der Waals surface area contributed by atoms with Crippen molar-refractivity contribution >= 4 is 27.5 Å². The van der Waals surface area contributed by atoms with Crippen LogP contribution in [0.25, 0.3) is 0 Å². The van der Waals surface area contributed by atoms with Gasteiger partial charge in [0.1, 0.15) is 18.2 Å². The first-order valence-electron chi connectivity index (χ1n) is 6.01. The van der Waals surface area contributed by atoms with Gasteiger partial charge < -0.3 is 9.84 Å². The number of hydrogen-bond acceptors (Lipinski definition) is 2. The van der Waals surface area contributed by atoms with E-state index in [1.165, 1.54) is 18.2 Å². The average Bonchev–Trinajstić information content (AvgIpc) is 2.40. The van der Waals surface area contributed by atoms with Gasteiger partial charge in [-0.25, -0.2) is 4.39 Å². The van der Waals surface area contributed by atoms with Crippen LogP contribution in [0.3, 0.4) is 0 Å². The van der Waals surface area contributed by atoms with Crippen molar-refractivity contribution in [2.24, 2.45) is 0 Å². The third-order valence-corrected chi connectivity index (χ3v) is 3.54. The summed E-state index contributed by atoms with van der Waals surface area (Å²) in [4.78, 5) is 0. The summed E-state index contributed by atoms with van der Waals surface area (Å²) in [5.41, 5.74) is 1.01. The van der Waals surface area contributed by atoms with Crippen LogP contribution >= 0.6 is 27.5 Å². The molecule has 0 fully saturated rings. The zero-order valence-corrected chi connectivity index (χ0v) is 13.1. The zero-order chi connectivity index (χ0) is 14.7. The molecule has 0 unspecified atom stereocenters. The smallest absolute Gasteiger partial charge is 0.129 e. The van der Waals surface area contributed by atoms with Gasteiger partial charge in [0.25, 0.3) is 0 Å². The minimum atomic E-state index is -0.674. The van der Waals surface area contributed by atoms with Gasteiger partial charge in [-0.2, -0.15) is 0 Å². The van der Waals surface area contributed by atoms with E-state index < -0.39 is 6.10 Å². The van der Waals surface area contributed by atoms with E-state index in [1.54, 1.807) is 25.1 Å². The summed E-state index contributed by atoms with van der Waals surface area (Å²) >= 11 is 9.17. The summed E-state index contributed by atoms with van der Waals surface area (Å²) in [7, 11) is 0. The Bertz CT molecular complexity index is 617. The Kier molecular flexibility index (Phi) is 5.02. The van der Waals surface area contributed by atoms with E-state index in [0.29, 0.717) is 21.9 Å². The molecule has 5 heteroatoms. The van der Waals surface area contributed by atoms with E-state index in [9.17, 15) is 9.50 Å². The van der Waals surface area contributed by atoms with Crippen LogP contribution in [0.1, 0.15) is 24.2 Å². The van der Waals surface area contributed by atoms with Crippen LogP contribution < -0.4 is 4.74 Å². The Hall–Kier alpha value is -1.10. The lowest BCUT2D eigenvalue weighted by Crippen LogP contribution is -2.02. The Labute approximate surface area is 130 Å². The maximum Gasteiger partial charge on any atom is 0.129 e. The molecule has 0 aliphatic rings. The highest BCUT2D eigenvalue weighted by Gasteiger charge is 2.11. The Morgan fingerprint density at radius 3 is 2.75 bits per heavy atom. The van der Waals surface area contributed by atoms with E-state index in [2.05, 4.69) is 15.9 Å². The number of ether oxygens (including phenoxy) is 1. The Morgan fingerprint density at radius 2 is 2.05 bits per heavy atom. The summed E-state index contributed by atoms with van der Waals surface area (Å²) in [5.74, 6) is 0.146. The number of rotatable bonds is 4. The predicted octanol–water partition coefficient (Wildman–Crippen LogP) is 4.87. The topological polar surface area (TPSA) is 29.5 Å². The lowest BCUT2D eigenvalue weighted by molar-refractivity contribution is 0.189. The van der Waals surface area contributed by atoms with Crippen LogP contribution in [0.4, 0.5) is 4.39 Å². The molecule has 0 aliphatic heterocycles. The quantitative estimate of drug-likeness (QED) is 0.843. The van der Waals surface area contributed by atoms with Crippen LogP contribution in [-0.4, -0.2) is 5.11 Å². The Balaban J connectivity index is 2.20. The van der Waals surface area contributed by atoms with Crippen molar-refractivity contribution in [1.82, 2.24) is 0 Å². The third kappa shape index (κ3) is 3.72. The van der Waals surface area contributed by atoms with Crippen LogP contribution in [-0.2, 0) is 6.61 Å². The summed E-state index contributed by atoms with van der Waals surface area (Å²) in [5, 5.41) is 10.2. The third-order valence-electron chi connectivity index (χ3n) is 2.81. The predicted molar refractivity (Wildman–Crippen MR) is 80.5 cm³/mol. The molecule has 0 radical (unpaired) electrons. The number of hydrogen-bond donors (Lipinski definition) is 1. The molecule has 1 N–H and O–H groups in total. The standard InChI is InChI=1S/C15H13BrClFO2/c1-9(19)13-7-11(16)2-5-15(13)20-8-10-6-12(17)3-4-14(10)18/h2-7,9,19H,8H2,1H3/t9-/m0/s1. The maximum atomic E-state index is 13.6. The molecule has 106 valence electrons. The highest BCUT2D eigenvalue weighted by molar-refractivity contribution is 9.10. The van der Waals surface area contributed by atoms with Gasteiger partial charge in [0, 0.05) is 20.6 Å². The number of aliphatic hydroxyl groups excluding tert-OH is 1. The molecule has 0 aromatic heterocycles. The van der Waals surface area contributed by atoms with Gasteiger partial charge in [0.05, 0.1) is 6.10 Å². The van der Waals surface area contributed by atoms with E-state index in [1.807, 2.05) is 0 Å². The summed E-state index contributed by atoms with van der Waals surface area (Å²) in [6.45, 7) is 1.70. The van der Waals surface area contributed by atoms with Crippen molar-refractivity contribution in [3.63, 3.8) is 0 Å². The number of benzene rings is 2. The van der Waals surface area contributed by atoms with E-state index in [-0.39, 0.29) is 12.4 Å². The van der Waals surface area contributed by atoms with Gasteiger partial charge in [-0.05, 0) is 43.3 Å². The van der Waals surface area contributed by atoms with Crippen LogP contribution in [0.15, 0.2) is 40.9 Å². The van der Waals surface area contributed by atoms with Crippen molar-refractivity contribution in [2.75, 3.05) is 0 Å². The first-order valence-corrected chi connectivity index (χ1v) is 7.18. The van der Waals surface area contributed by atoms with E-state index in [4.69, 9.17) is 16.3 Å². The molecule has 2 rings (SSSR count). The molecule has 2 aromatic carbocycles. The molecule has 0 saturated heterocycles. The molecule has 0 aliphatic carbocycles.